The lowest BCUT2D eigenvalue weighted by Crippen LogP contribution is -2.47. The number of hydrogen-bond donors (Lipinski definition) is 3. The Labute approximate surface area is 144 Å². The number of thioether (sulfide) groups is 1. The van der Waals surface area contributed by atoms with E-state index in [1.165, 1.54) is 16.7 Å². The zero-order valence-electron chi connectivity index (χ0n) is 13.4. The van der Waals surface area contributed by atoms with Gasteiger partial charge in [-0.2, -0.15) is 5.26 Å². The third kappa shape index (κ3) is 2.35. The van der Waals surface area contributed by atoms with Gasteiger partial charge in [0.25, 0.3) is 5.91 Å². The van der Waals surface area contributed by atoms with E-state index in [0.29, 0.717) is 16.4 Å². The minimum atomic E-state index is -1.24. The van der Waals surface area contributed by atoms with Gasteiger partial charge < -0.3 is 16.2 Å². The minimum absolute atomic E-state index is 0.198. The first-order valence-corrected chi connectivity index (χ1v) is 8.47. The number of nitrogens with zero attached hydrogens (tertiary/aromatic N) is 2. The highest BCUT2D eigenvalue weighted by atomic mass is 32.2. The van der Waals surface area contributed by atoms with Gasteiger partial charge in [-0.1, -0.05) is 30.3 Å². The predicted octanol–water partition coefficient (Wildman–Crippen LogP) is 1.19. The SMILES string of the molecule is CNC(=O)C1=C2SC[C@](C)(O)N2C(N)=C(C#N)[C@@H]1c1ccccc1. The molecule has 0 aromatic heterocycles. The predicted molar refractivity (Wildman–Crippen MR) is 92.0 cm³/mol. The van der Waals surface area contributed by atoms with Crippen molar-refractivity contribution in [1.82, 2.24) is 10.2 Å². The third-order valence-corrected chi connectivity index (χ3v) is 5.58. The fourth-order valence-corrected chi connectivity index (χ4v) is 4.45. The van der Waals surface area contributed by atoms with Crippen molar-refractivity contribution in [2.45, 2.75) is 18.6 Å². The van der Waals surface area contributed by atoms with E-state index in [1.54, 1.807) is 14.0 Å². The first-order chi connectivity index (χ1) is 11.4. The molecule has 4 N–H and O–H groups in total. The van der Waals surface area contributed by atoms with Crippen LogP contribution in [0.4, 0.5) is 0 Å². The molecule has 0 aliphatic carbocycles. The Morgan fingerprint density at radius 1 is 1.50 bits per heavy atom. The quantitative estimate of drug-likeness (QED) is 0.746. The van der Waals surface area contributed by atoms with Crippen molar-refractivity contribution in [3.05, 3.63) is 57.9 Å². The van der Waals surface area contributed by atoms with Crippen LogP contribution in [0.5, 0.6) is 0 Å². The molecule has 0 bridgehead atoms. The maximum atomic E-state index is 12.6. The van der Waals surface area contributed by atoms with E-state index in [9.17, 15) is 15.2 Å². The van der Waals surface area contributed by atoms with Gasteiger partial charge >= 0.3 is 0 Å². The fourth-order valence-electron chi connectivity index (χ4n) is 3.12. The van der Waals surface area contributed by atoms with Crippen LogP contribution in [0.25, 0.3) is 0 Å². The number of likely N-dealkylation sites (N-methyl/N-ethyl adjacent to an activating group) is 1. The molecule has 0 unspecified atom stereocenters. The lowest BCUT2D eigenvalue weighted by atomic mass is 9.82. The van der Waals surface area contributed by atoms with E-state index < -0.39 is 11.6 Å². The van der Waals surface area contributed by atoms with E-state index in [1.807, 2.05) is 30.3 Å². The summed E-state index contributed by atoms with van der Waals surface area (Å²) in [7, 11) is 1.55. The molecular weight excluding hydrogens is 324 g/mol. The highest BCUT2D eigenvalue weighted by Gasteiger charge is 2.48. The maximum Gasteiger partial charge on any atom is 0.250 e. The van der Waals surface area contributed by atoms with Crippen molar-refractivity contribution < 1.29 is 9.90 Å². The van der Waals surface area contributed by atoms with Crippen LogP contribution in [0.1, 0.15) is 18.4 Å². The highest BCUT2D eigenvalue weighted by molar-refractivity contribution is 8.03. The van der Waals surface area contributed by atoms with E-state index in [0.717, 1.165) is 5.56 Å². The number of nitriles is 1. The number of nitrogens with two attached hydrogens (primary N) is 1. The summed E-state index contributed by atoms with van der Waals surface area (Å²) in [6.07, 6.45) is 0. The molecule has 6 nitrogen and oxygen atoms in total. The largest absolute Gasteiger partial charge is 0.384 e. The summed E-state index contributed by atoms with van der Waals surface area (Å²) in [5, 5.41) is 23.6. The molecule has 7 heteroatoms. The van der Waals surface area contributed by atoms with Crippen LogP contribution in [0.15, 0.2) is 52.3 Å². The normalized spacial score (nSPS) is 26.2. The molecule has 1 fully saturated rings. The Morgan fingerprint density at radius 2 is 2.17 bits per heavy atom. The number of hydrogen-bond acceptors (Lipinski definition) is 6. The number of carbonyl (C=O) groups is 1. The first kappa shape index (κ1) is 16.4. The summed E-state index contributed by atoms with van der Waals surface area (Å²) >= 11 is 1.37. The molecule has 1 aromatic carbocycles. The lowest BCUT2D eigenvalue weighted by Gasteiger charge is -2.38. The molecule has 2 aliphatic rings. The van der Waals surface area contributed by atoms with Crippen LogP contribution in [0.3, 0.4) is 0 Å². The number of carbonyl (C=O) groups excluding carboxylic acids is 1. The van der Waals surface area contributed by atoms with Gasteiger partial charge in [0.05, 0.1) is 28.2 Å². The van der Waals surface area contributed by atoms with Crippen LogP contribution in [0, 0.1) is 11.3 Å². The molecule has 124 valence electrons. The number of nitrogens with one attached hydrogen (secondary N) is 1. The number of aliphatic hydroxyl groups is 1. The van der Waals surface area contributed by atoms with Crippen molar-refractivity contribution in [2.75, 3.05) is 12.8 Å². The molecule has 2 atom stereocenters. The number of allylic oxidation sites excluding steroid dienone is 1. The molecule has 0 spiro atoms. The summed E-state index contributed by atoms with van der Waals surface area (Å²) in [6, 6.07) is 11.5. The summed E-state index contributed by atoms with van der Waals surface area (Å²) in [5.41, 5.74) is 6.51. The third-order valence-electron chi connectivity index (χ3n) is 4.22. The molecule has 0 radical (unpaired) electrons. The van der Waals surface area contributed by atoms with Crippen molar-refractivity contribution in [1.29, 1.82) is 5.26 Å². The van der Waals surface area contributed by atoms with Crippen LogP contribution < -0.4 is 11.1 Å². The summed E-state index contributed by atoms with van der Waals surface area (Å²) in [4.78, 5) is 14.1. The first-order valence-electron chi connectivity index (χ1n) is 7.48. The van der Waals surface area contributed by atoms with Gasteiger partial charge in [-0.15, -0.1) is 11.8 Å². The molecule has 3 rings (SSSR count). The molecule has 1 saturated heterocycles. The van der Waals surface area contributed by atoms with Gasteiger partial charge in [0.1, 0.15) is 5.82 Å². The van der Waals surface area contributed by atoms with Gasteiger partial charge in [0.15, 0.2) is 5.72 Å². The summed E-state index contributed by atoms with van der Waals surface area (Å²) in [5.74, 6) is -0.272. The van der Waals surface area contributed by atoms with Crippen molar-refractivity contribution >= 4 is 17.7 Å². The monoisotopic (exact) mass is 342 g/mol. The van der Waals surface area contributed by atoms with Crippen LogP contribution in [-0.4, -0.2) is 34.4 Å². The second-order valence-electron chi connectivity index (χ2n) is 5.89. The van der Waals surface area contributed by atoms with Gasteiger partial charge in [0.2, 0.25) is 0 Å². The molecule has 2 heterocycles. The number of amides is 1. The highest BCUT2D eigenvalue weighted by Crippen LogP contribution is 2.50. The second-order valence-corrected chi connectivity index (χ2v) is 6.86. The van der Waals surface area contributed by atoms with Gasteiger partial charge in [-0.3, -0.25) is 9.69 Å². The smallest absolute Gasteiger partial charge is 0.250 e. The minimum Gasteiger partial charge on any atom is -0.384 e. The Morgan fingerprint density at radius 3 is 2.75 bits per heavy atom. The van der Waals surface area contributed by atoms with Gasteiger partial charge in [-0.05, 0) is 12.5 Å². The second kappa shape index (κ2) is 5.89. The van der Waals surface area contributed by atoms with Gasteiger partial charge in [-0.25, -0.2) is 0 Å². The molecule has 24 heavy (non-hydrogen) atoms. The van der Waals surface area contributed by atoms with E-state index in [2.05, 4.69) is 11.4 Å². The molecule has 0 saturated carbocycles. The number of rotatable bonds is 2. The molecule has 1 amide bonds. The zero-order chi connectivity index (χ0) is 17.5. The van der Waals surface area contributed by atoms with E-state index in [-0.39, 0.29) is 17.3 Å². The molecule has 1 aromatic rings. The standard InChI is InChI=1S/C17H18N4O2S/c1-17(23)9-24-16-13(15(22)20-2)12(10-6-4-3-5-7-10)11(8-18)14(19)21(16)17/h3-7,12,23H,9,19H2,1-2H3,(H,20,22)/t12-,17-/m0/s1. The van der Waals surface area contributed by atoms with E-state index >= 15 is 0 Å². The summed E-state index contributed by atoms with van der Waals surface area (Å²) in [6.45, 7) is 1.62. The van der Waals surface area contributed by atoms with Crippen molar-refractivity contribution in [3.63, 3.8) is 0 Å². The lowest BCUT2D eigenvalue weighted by molar-refractivity contribution is -0.117. The Bertz CT molecular complexity index is 793. The van der Waals surface area contributed by atoms with Gasteiger partial charge in [0, 0.05) is 12.8 Å². The van der Waals surface area contributed by atoms with Crippen LogP contribution in [0.2, 0.25) is 0 Å². The van der Waals surface area contributed by atoms with Crippen molar-refractivity contribution in [2.24, 2.45) is 5.73 Å². The number of fused-ring (bicyclic) bond motifs is 1. The summed E-state index contributed by atoms with van der Waals surface area (Å²) < 4.78 is 0. The van der Waals surface area contributed by atoms with Crippen molar-refractivity contribution in [3.8, 4) is 6.07 Å². The topological polar surface area (TPSA) is 102 Å². The molecule has 2 aliphatic heterocycles. The van der Waals surface area contributed by atoms with E-state index in [4.69, 9.17) is 5.73 Å². The Kier molecular flexibility index (Phi) is 4.03. The Hall–Kier alpha value is -2.43. The molecular formula is C17H18N4O2S. The zero-order valence-corrected chi connectivity index (χ0v) is 14.2. The number of benzene rings is 1. The Balaban J connectivity index is 2.29. The fraction of sp³-hybridized carbons (Fsp3) is 0.294. The average Bonchev–Trinajstić information content (AvgIpc) is 2.90. The van der Waals surface area contributed by atoms with Crippen LogP contribution >= 0.6 is 11.8 Å². The maximum absolute atomic E-state index is 12.6. The average molecular weight is 342 g/mol. The van der Waals surface area contributed by atoms with Crippen LogP contribution in [-0.2, 0) is 4.79 Å².